The molecule has 1 heterocycles. The topological polar surface area (TPSA) is 51.1 Å². The van der Waals surface area contributed by atoms with E-state index in [1.165, 1.54) is 35.9 Å². The summed E-state index contributed by atoms with van der Waals surface area (Å²) in [5, 5.41) is 3.46. The van der Waals surface area contributed by atoms with E-state index in [9.17, 15) is 14.0 Å². The molecule has 0 saturated carbocycles. The van der Waals surface area contributed by atoms with Crippen molar-refractivity contribution in [2.24, 2.45) is 0 Å². The van der Waals surface area contributed by atoms with Crippen molar-refractivity contribution in [3.8, 4) is 0 Å². The van der Waals surface area contributed by atoms with Gasteiger partial charge in [-0.3, -0.25) is 14.2 Å². The molecule has 2 aromatic carbocycles. The van der Waals surface area contributed by atoms with Crippen LogP contribution in [0.25, 0.3) is 10.9 Å². The summed E-state index contributed by atoms with van der Waals surface area (Å²) in [5.74, 6) is -1.31. The third-order valence-corrected chi connectivity index (χ3v) is 4.37. The van der Waals surface area contributed by atoms with Crippen LogP contribution in [0.15, 0.2) is 42.6 Å². The maximum absolute atomic E-state index is 13.6. The second kappa shape index (κ2) is 6.26. The second-order valence-corrected chi connectivity index (χ2v) is 5.93. The number of hydrogen-bond donors (Lipinski definition) is 1. The Labute approximate surface area is 146 Å². The predicted octanol–water partition coefficient (Wildman–Crippen LogP) is 5.00. The second-order valence-electron chi connectivity index (χ2n) is 5.15. The lowest BCUT2D eigenvalue weighted by molar-refractivity contribution is 0.0941. The molecule has 4 nitrogen and oxygen atoms in total. The fraction of sp³-hybridized carbons (Fsp3) is 0.0588. The third kappa shape index (κ3) is 2.88. The van der Waals surface area contributed by atoms with Crippen LogP contribution >= 0.6 is 23.2 Å². The summed E-state index contributed by atoms with van der Waals surface area (Å²) in [7, 11) is 0. The Kier molecular flexibility index (Phi) is 4.30. The van der Waals surface area contributed by atoms with Gasteiger partial charge in [-0.1, -0.05) is 29.3 Å². The van der Waals surface area contributed by atoms with Crippen molar-refractivity contribution in [1.29, 1.82) is 0 Å². The number of carbonyl (C=O) groups is 2. The van der Waals surface area contributed by atoms with Crippen LogP contribution in [0.2, 0.25) is 10.0 Å². The van der Waals surface area contributed by atoms with Crippen LogP contribution in [0.3, 0.4) is 0 Å². The minimum Gasteiger partial charge on any atom is -0.321 e. The molecular formula is C17H11Cl2FN2O2. The Balaban J connectivity index is 2.08. The van der Waals surface area contributed by atoms with Crippen molar-refractivity contribution >= 4 is 51.6 Å². The number of fused-ring (bicyclic) bond motifs is 1. The van der Waals surface area contributed by atoms with E-state index in [4.69, 9.17) is 23.2 Å². The minimum atomic E-state index is -0.519. The highest BCUT2D eigenvalue weighted by Gasteiger charge is 2.18. The zero-order chi connectivity index (χ0) is 17.4. The number of halogens is 3. The molecule has 7 heteroatoms. The number of nitrogens with one attached hydrogen (secondary N) is 1. The molecule has 0 aliphatic rings. The van der Waals surface area contributed by atoms with Gasteiger partial charge in [0.25, 0.3) is 5.91 Å². The molecule has 1 N–H and O–H groups in total. The molecule has 122 valence electrons. The van der Waals surface area contributed by atoms with E-state index in [-0.39, 0.29) is 16.5 Å². The van der Waals surface area contributed by atoms with Crippen molar-refractivity contribution in [3.05, 3.63) is 64.0 Å². The molecule has 0 atom stereocenters. The van der Waals surface area contributed by atoms with E-state index in [2.05, 4.69) is 5.32 Å². The van der Waals surface area contributed by atoms with Crippen molar-refractivity contribution in [3.63, 3.8) is 0 Å². The van der Waals surface area contributed by atoms with Gasteiger partial charge in [0.05, 0.1) is 26.8 Å². The minimum absolute atomic E-state index is 0.163. The number of anilines is 1. The molecule has 3 aromatic rings. The molecule has 1 amide bonds. The summed E-state index contributed by atoms with van der Waals surface area (Å²) >= 11 is 12.0. The quantitative estimate of drug-likeness (QED) is 0.695. The monoisotopic (exact) mass is 364 g/mol. The molecule has 0 saturated heterocycles. The molecule has 1 aromatic heterocycles. The highest BCUT2D eigenvalue weighted by molar-refractivity contribution is 6.44. The van der Waals surface area contributed by atoms with Crippen LogP contribution in [0.1, 0.15) is 22.1 Å². The third-order valence-electron chi connectivity index (χ3n) is 3.55. The largest absolute Gasteiger partial charge is 0.321 e. The van der Waals surface area contributed by atoms with E-state index in [0.29, 0.717) is 21.6 Å². The van der Waals surface area contributed by atoms with Gasteiger partial charge < -0.3 is 5.32 Å². The molecule has 24 heavy (non-hydrogen) atoms. The van der Waals surface area contributed by atoms with Gasteiger partial charge in [-0.2, -0.15) is 0 Å². The Morgan fingerprint density at radius 3 is 2.62 bits per heavy atom. The molecular weight excluding hydrogens is 354 g/mol. The molecule has 0 fully saturated rings. The average molecular weight is 365 g/mol. The maximum atomic E-state index is 13.6. The maximum Gasteiger partial charge on any atom is 0.257 e. The molecule has 0 bridgehead atoms. The zero-order valence-electron chi connectivity index (χ0n) is 12.4. The van der Waals surface area contributed by atoms with Gasteiger partial charge >= 0.3 is 0 Å². The summed E-state index contributed by atoms with van der Waals surface area (Å²) in [6.45, 7) is 1.36. The first-order valence-corrected chi connectivity index (χ1v) is 7.71. The van der Waals surface area contributed by atoms with Crippen LogP contribution in [0.4, 0.5) is 10.1 Å². The van der Waals surface area contributed by atoms with E-state index >= 15 is 0 Å². The number of nitrogens with zero attached hydrogens (tertiary/aromatic N) is 1. The number of benzene rings is 2. The lowest BCUT2D eigenvalue weighted by Gasteiger charge is -2.07. The van der Waals surface area contributed by atoms with E-state index < -0.39 is 11.7 Å². The fourth-order valence-corrected chi connectivity index (χ4v) is 2.78. The van der Waals surface area contributed by atoms with Gasteiger partial charge in [0, 0.05) is 18.5 Å². The number of amides is 1. The van der Waals surface area contributed by atoms with E-state index in [1.54, 1.807) is 18.2 Å². The fourth-order valence-electron chi connectivity index (χ4n) is 2.43. The van der Waals surface area contributed by atoms with Gasteiger partial charge in [0.1, 0.15) is 5.82 Å². The first kappa shape index (κ1) is 16.5. The van der Waals surface area contributed by atoms with Gasteiger partial charge in [0.2, 0.25) is 5.91 Å². The smallest absolute Gasteiger partial charge is 0.257 e. The van der Waals surface area contributed by atoms with Crippen LogP contribution in [0, 0.1) is 5.82 Å². The molecule has 0 radical (unpaired) electrons. The van der Waals surface area contributed by atoms with Gasteiger partial charge in [-0.05, 0) is 30.3 Å². The summed E-state index contributed by atoms with van der Waals surface area (Å²) < 4.78 is 14.9. The first-order valence-electron chi connectivity index (χ1n) is 6.95. The number of hydrogen-bond acceptors (Lipinski definition) is 2. The SMILES string of the molecule is CC(=O)n1cc(C(=O)Nc2cccc(Cl)c2Cl)c2cc(F)ccc21. The van der Waals surface area contributed by atoms with Gasteiger partial charge in [-0.15, -0.1) is 0 Å². The van der Waals surface area contributed by atoms with E-state index in [1.807, 2.05) is 0 Å². The number of aromatic nitrogens is 1. The Bertz CT molecular complexity index is 982. The lowest BCUT2D eigenvalue weighted by Crippen LogP contribution is -2.12. The van der Waals surface area contributed by atoms with Crippen molar-refractivity contribution in [2.75, 3.05) is 5.32 Å². The lowest BCUT2D eigenvalue weighted by atomic mass is 10.1. The molecule has 3 rings (SSSR count). The van der Waals surface area contributed by atoms with Crippen LogP contribution in [0.5, 0.6) is 0 Å². The molecule has 0 aliphatic heterocycles. The van der Waals surface area contributed by atoms with Crippen molar-refractivity contribution < 1.29 is 14.0 Å². The normalized spacial score (nSPS) is 10.8. The van der Waals surface area contributed by atoms with Crippen LogP contribution < -0.4 is 5.32 Å². The first-order chi connectivity index (χ1) is 11.4. The summed E-state index contributed by atoms with van der Waals surface area (Å²) in [6.07, 6.45) is 1.38. The Morgan fingerprint density at radius 1 is 1.17 bits per heavy atom. The summed E-state index contributed by atoms with van der Waals surface area (Å²) in [5.41, 5.74) is 0.941. The highest BCUT2D eigenvalue weighted by Crippen LogP contribution is 2.31. The van der Waals surface area contributed by atoms with E-state index in [0.717, 1.165) is 0 Å². The average Bonchev–Trinajstić information content (AvgIpc) is 2.90. The van der Waals surface area contributed by atoms with Crippen LogP contribution in [-0.2, 0) is 0 Å². The predicted molar refractivity (Wildman–Crippen MR) is 92.6 cm³/mol. The van der Waals surface area contributed by atoms with Crippen LogP contribution in [-0.4, -0.2) is 16.4 Å². The number of carbonyl (C=O) groups excluding carboxylic acids is 2. The van der Waals surface area contributed by atoms with Gasteiger partial charge in [0.15, 0.2) is 0 Å². The molecule has 0 aliphatic carbocycles. The summed E-state index contributed by atoms with van der Waals surface area (Å²) in [4.78, 5) is 24.3. The summed E-state index contributed by atoms with van der Waals surface area (Å²) in [6, 6.07) is 8.73. The van der Waals surface area contributed by atoms with Crippen molar-refractivity contribution in [1.82, 2.24) is 4.57 Å². The Morgan fingerprint density at radius 2 is 1.92 bits per heavy atom. The molecule has 0 spiro atoms. The zero-order valence-corrected chi connectivity index (χ0v) is 14.0. The molecule has 0 unspecified atom stereocenters. The standard InChI is InChI=1S/C17H11Cl2FN2O2/c1-9(23)22-8-12(11-7-10(20)5-6-15(11)22)17(24)21-14-4-2-3-13(18)16(14)19/h2-8H,1H3,(H,21,24). The Hall–Kier alpha value is -2.37. The number of rotatable bonds is 2. The van der Waals surface area contributed by atoms with Gasteiger partial charge in [-0.25, -0.2) is 4.39 Å². The highest BCUT2D eigenvalue weighted by atomic mass is 35.5. The van der Waals surface area contributed by atoms with Crippen molar-refractivity contribution in [2.45, 2.75) is 6.92 Å².